The van der Waals surface area contributed by atoms with Crippen molar-refractivity contribution in [3.8, 4) is 0 Å². The normalized spacial score (nSPS) is 12.4. The van der Waals surface area contributed by atoms with E-state index in [4.69, 9.17) is 10.2 Å². The van der Waals surface area contributed by atoms with Crippen LogP contribution < -0.4 is 10.6 Å². The molecule has 0 bridgehead atoms. The van der Waals surface area contributed by atoms with Crippen LogP contribution in [0, 0.1) is 0 Å². The number of aryl methyl sites for hydroxylation is 1. The first-order valence-electron chi connectivity index (χ1n) is 11.4. The van der Waals surface area contributed by atoms with Gasteiger partial charge in [0.15, 0.2) is 5.78 Å². The summed E-state index contributed by atoms with van der Waals surface area (Å²) in [5, 5.41) is 39.2. The molecule has 37 heavy (non-hydrogen) atoms. The molecule has 0 unspecified atom stereocenters. The Morgan fingerprint density at radius 3 is 2.16 bits per heavy atom. The molecule has 2 rings (SSSR count). The van der Waals surface area contributed by atoms with Crippen LogP contribution in [0.2, 0.25) is 0 Å². The third-order valence-electron chi connectivity index (χ3n) is 5.21. The first kappa shape index (κ1) is 28.9. The van der Waals surface area contributed by atoms with Crippen LogP contribution in [0.3, 0.4) is 0 Å². The van der Waals surface area contributed by atoms with Gasteiger partial charge in [0.25, 0.3) is 0 Å². The van der Waals surface area contributed by atoms with Crippen molar-refractivity contribution in [1.29, 1.82) is 0 Å². The van der Waals surface area contributed by atoms with Gasteiger partial charge in [0.2, 0.25) is 0 Å². The highest BCUT2D eigenvalue weighted by atomic mass is 19.1. The predicted molar refractivity (Wildman–Crippen MR) is 125 cm³/mol. The van der Waals surface area contributed by atoms with E-state index in [1.165, 1.54) is 4.68 Å². The van der Waals surface area contributed by atoms with Crippen LogP contribution in [0.5, 0.6) is 0 Å². The van der Waals surface area contributed by atoms with E-state index in [0.29, 0.717) is 29.7 Å². The predicted octanol–water partition coefficient (Wildman–Crippen LogP) is 0.605. The number of ketones is 1. The van der Waals surface area contributed by atoms with Crippen molar-refractivity contribution >= 4 is 29.7 Å². The van der Waals surface area contributed by atoms with Crippen LogP contribution in [0.4, 0.5) is 9.18 Å². The third-order valence-corrected chi connectivity index (χ3v) is 5.21. The highest BCUT2D eigenvalue weighted by molar-refractivity contribution is 5.86. The number of alkyl halides is 1. The molecule has 0 fully saturated rings. The van der Waals surface area contributed by atoms with E-state index in [9.17, 15) is 33.5 Å². The number of nitrogens with zero attached hydrogens (tertiary/aromatic N) is 3. The number of hydrogen-bond acceptors (Lipinski definition) is 7. The van der Waals surface area contributed by atoms with E-state index in [1.807, 2.05) is 0 Å². The molecule has 0 aliphatic heterocycles. The molecular weight excluding hydrogens is 493 g/mol. The van der Waals surface area contributed by atoms with Crippen LogP contribution >= 0.6 is 0 Å². The van der Waals surface area contributed by atoms with Gasteiger partial charge in [0.05, 0.1) is 12.4 Å². The second-order valence-electron chi connectivity index (χ2n) is 8.27. The number of aromatic nitrogens is 3. The number of carboxylic acids is 3. The van der Waals surface area contributed by atoms with Crippen molar-refractivity contribution in [2.45, 2.75) is 57.2 Å². The molecule has 1 heterocycles. The van der Waals surface area contributed by atoms with Crippen molar-refractivity contribution in [2.24, 2.45) is 0 Å². The molecular formula is C23H28FN5O8. The number of carbonyl (C=O) groups is 5. The highest BCUT2D eigenvalue weighted by Gasteiger charge is 2.25. The SMILES string of the molecule is O=C(O)CC[C@H](NC(=O)N[C@@H](Cc1ccc(CC(=O)Cn2cc(CCCF)nn2)cc1)C(=O)O)C(=O)O. The summed E-state index contributed by atoms with van der Waals surface area (Å²) < 4.78 is 13.6. The third kappa shape index (κ3) is 10.4. The Bertz CT molecular complexity index is 1100. The van der Waals surface area contributed by atoms with Gasteiger partial charge in [-0.25, -0.2) is 19.1 Å². The summed E-state index contributed by atoms with van der Waals surface area (Å²) in [6.45, 7) is -0.466. The van der Waals surface area contributed by atoms with Gasteiger partial charge in [-0.05, 0) is 30.4 Å². The van der Waals surface area contributed by atoms with Crippen molar-refractivity contribution in [3.63, 3.8) is 0 Å². The van der Waals surface area contributed by atoms with E-state index >= 15 is 0 Å². The molecule has 14 heteroatoms. The number of halogens is 1. The number of rotatable bonds is 16. The molecule has 5 N–H and O–H groups in total. The van der Waals surface area contributed by atoms with Gasteiger partial charge < -0.3 is 26.0 Å². The van der Waals surface area contributed by atoms with Gasteiger partial charge in [-0.15, -0.1) is 5.10 Å². The average molecular weight is 522 g/mol. The number of nitrogens with one attached hydrogen (secondary N) is 2. The topological polar surface area (TPSA) is 201 Å². The van der Waals surface area contributed by atoms with Crippen LogP contribution in [-0.2, 0) is 45.0 Å². The van der Waals surface area contributed by atoms with Crippen molar-refractivity contribution < 1.29 is 43.7 Å². The molecule has 2 atom stereocenters. The first-order valence-corrected chi connectivity index (χ1v) is 11.4. The maximum absolute atomic E-state index is 12.3. The second kappa shape index (κ2) is 14.3. The van der Waals surface area contributed by atoms with Gasteiger partial charge in [-0.2, -0.15) is 0 Å². The average Bonchev–Trinajstić information content (AvgIpc) is 3.27. The molecule has 1 aromatic heterocycles. The summed E-state index contributed by atoms with van der Waals surface area (Å²) >= 11 is 0. The number of amides is 2. The zero-order chi connectivity index (χ0) is 27.4. The summed E-state index contributed by atoms with van der Waals surface area (Å²) in [6.07, 6.45) is 1.47. The fourth-order valence-electron chi connectivity index (χ4n) is 3.35. The monoisotopic (exact) mass is 521 g/mol. The summed E-state index contributed by atoms with van der Waals surface area (Å²) in [5.74, 6) is -4.19. The minimum Gasteiger partial charge on any atom is -0.481 e. The molecule has 0 saturated carbocycles. The quantitative estimate of drug-likeness (QED) is 0.208. The largest absolute Gasteiger partial charge is 0.481 e. The van der Waals surface area contributed by atoms with E-state index in [1.54, 1.807) is 30.5 Å². The lowest BCUT2D eigenvalue weighted by atomic mass is 10.0. The molecule has 0 saturated heterocycles. The fourth-order valence-corrected chi connectivity index (χ4v) is 3.35. The van der Waals surface area contributed by atoms with Crippen LogP contribution in [0.1, 0.15) is 36.1 Å². The lowest BCUT2D eigenvalue weighted by Gasteiger charge is -2.18. The maximum atomic E-state index is 12.3. The molecule has 0 radical (unpaired) electrons. The number of carboxylic acid groups (broad SMARTS) is 3. The Labute approximate surface area is 210 Å². The Balaban J connectivity index is 1.90. The summed E-state index contributed by atoms with van der Waals surface area (Å²) in [5.41, 5.74) is 1.81. The minimum absolute atomic E-state index is 0.00566. The molecule has 0 spiro atoms. The fraction of sp³-hybridized carbons (Fsp3) is 0.435. The van der Waals surface area contributed by atoms with Crippen molar-refractivity contribution in [3.05, 3.63) is 47.3 Å². The molecule has 0 aliphatic rings. The number of Topliss-reactive ketones (excluding diaryl/α,β-unsaturated/α-hetero) is 1. The Kier molecular flexibility index (Phi) is 11.1. The highest BCUT2D eigenvalue weighted by Crippen LogP contribution is 2.10. The van der Waals surface area contributed by atoms with Crippen LogP contribution in [0.15, 0.2) is 30.5 Å². The van der Waals surface area contributed by atoms with E-state index < -0.39 is 49.1 Å². The number of hydrogen-bond donors (Lipinski definition) is 5. The molecule has 2 aromatic rings. The molecule has 0 aliphatic carbocycles. The van der Waals surface area contributed by atoms with E-state index in [2.05, 4.69) is 20.9 Å². The van der Waals surface area contributed by atoms with Gasteiger partial charge in [-0.3, -0.25) is 14.0 Å². The zero-order valence-electron chi connectivity index (χ0n) is 19.8. The van der Waals surface area contributed by atoms with E-state index in [-0.39, 0.29) is 31.6 Å². The van der Waals surface area contributed by atoms with Crippen LogP contribution in [-0.4, -0.2) is 78.8 Å². The standard InChI is InChI=1S/C23H28FN5O8/c24-9-1-2-16-12-29(28-27-16)13-17(30)10-14-3-5-15(6-4-14)11-19(22(35)36)26-23(37)25-18(21(33)34)7-8-20(31)32/h3-6,12,18-19H,1-2,7-11,13H2,(H,31,32)(H,33,34)(H,35,36)(H2,25,26,37)/t18-,19-/m0/s1. The molecule has 13 nitrogen and oxygen atoms in total. The number of urea groups is 1. The van der Waals surface area contributed by atoms with Gasteiger partial charge in [-0.1, -0.05) is 29.5 Å². The molecule has 1 aromatic carbocycles. The number of carbonyl (C=O) groups excluding carboxylic acids is 2. The smallest absolute Gasteiger partial charge is 0.326 e. The second-order valence-corrected chi connectivity index (χ2v) is 8.27. The maximum Gasteiger partial charge on any atom is 0.326 e. The summed E-state index contributed by atoms with van der Waals surface area (Å²) in [7, 11) is 0. The van der Waals surface area contributed by atoms with Crippen LogP contribution in [0.25, 0.3) is 0 Å². The van der Waals surface area contributed by atoms with Gasteiger partial charge in [0, 0.05) is 25.5 Å². The van der Waals surface area contributed by atoms with Crippen molar-refractivity contribution in [1.82, 2.24) is 25.6 Å². The Hall–Kier alpha value is -4.36. The Morgan fingerprint density at radius 2 is 1.57 bits per heavy atom. The summed E-state index contributed by atoms with van der Waals surface area (Å²) in [6, 6.07) is 2.56. The molecule has 200 valence electrons. The Morgan fingerprint density at radius 1 is 0.946 bits per heavy atom. The zero-order valence-corrected chi connectivity index (χ0v) is 19.8. The first-order chi connectivity index (χ1) is 17.6. The number of aliphatic carboxylic acids is 3. The number of benzene rings is 1. The molecule has 2 amide bonds. The lowest BCUT2D eigenvalue weighted by Crippen LogP contribution is -2.51. The minimum atomic E-state index is -1.50. The van der Waals surface area contributed by atoms with Gasteiger partial charge >= 0.3 is 23.9 Å². The van der Waals surface area contributed by atoms with E-state index in [0.717, 1.165) is 0 Å². The lowest BCUT2D eigenvalue weighted by molar-refractivity contribution is -0.140. The summed E-state index contributed by atoms with van der Waals surface area (Å²) in [4.78, 5) is 57.9. The van der Waals surface area contributed by atoms with Gasteiger partial charge in [0.1, 0.15) is 18.6 Å². The van der Waals surface area contributed by atoms with Crippen molar-refractivity contribution in [2.75, 3.05) is 6.67 Å².